The summed E-state index contributed by atoms with van der Waals surface area (Å²) in [6, 6.07) is 7.99. The Bertz CT molecular complexity index is 806. The minimum Gasteiger partial charge on any atom is -0.321 e. The summed E-state index contributed by atoms with van der Waals surface area (Å²) in [5.74, 6) is -0.895. The SMILES string of the molecule is N#C/C(=C\c1cc(Br)cs1)C(=O)Nc1ccccc1C(F)(F)F. The van der Waals surface area contributed by atoms with Crippen LogP contribution in [0.15, 0.2) is 45.8 Å². The molecule has 0 saturated carbocycles. The van der Waals surface area contributed by atoms with Crippen molar-refractivity contribution in [3.8, 4) is 6.07 Å². The maximum absolute atomic E-state index is 12.9. The molecule has 118 valence electrons. The summed E-state index contributed by atoms with van der Waals surface area (Å²) in [7, 11) is 0. The lowest BCUT2D eigenvalue weighted by Crippen LogP contribution is -2.17. The van der Waals surface area contributed by atoms with Crippen molar-refractivity contribution in [1.29, 1.82) is 5.26 Å². The van der Waals surface area contributed by atoms with Gasteiger partial charge >= 0.3 is 6.18 Å². The summed E-state index contributed by atoms with van der Waals surface area (Å²) in [6.07, 6.45) is -3.28. The Hall–Kier alpha value is -2.11. The van der Waals surface area contributed by atoms with Crippen LogP contribution >= 0.6 is 27.3 Å². The number of nitriles is 1. The molecule has 0 spiro atoms. The fourth-order valence-electron chi connectivity index (χ4n) is 1.72. The van der Waals surface area contributed by atoms with Crippen molar-refractivity contribution in [2.24, 2.45) is 0 Å². The van der Waals surface area contributed by atoms with Crippen LogP contribution in [0.2, 0.25) is 0 Å². The number of hydrogen-bond acceptors (Lipinski definition) is 3. The molecule has 0 aliphatic carbocycles. The molecule has 0 aliphatic rings. The molecular formula is C15H8BrF3N2OS. The third-order valence-electron chi connectivity index (χ3n) is 2.72. The van der Waals surface area contributed by atoms with Gasteiger partial charge in [0.25, 0.3) is 5.91 Å². The van der Waals surface area contributed by atoms with Gasteiger partial charge in [0.15, 0.2) is 0 Å². The van der Waals surface area contributed by atoms with E-state index in [9.17, 15) is 18.0 Å². The molecule has 1 amide bonds. The minimum atomic E-state index is -4.60. The number of alkyl halides is 3. The molecule has 0 bridgehead atoms. The first-order chi connectivity index (χ1) is 10.8. The molecule has 0 aliphatic heterocycles. The third-order valence-corrected chi connectivity index (χ3v) is 4.36. The van der Waals surface area contributed by atoms with Crippen molar-refractivity contribution in [2.45, 2.75) is 6.18 Å². The molecule has 0 fully saturated rings. The Balaban J connectivity index is 2.28. The second kappa shape index (κ2) is 6.98. The van der Waals surface area contributed by atoms with Gasteiger partial charge in [0.05, 0.1) is 11.3 Å². The number of nitrogens with one attached hydrogen (secondary N) is 1. The van der Waals surface area contributed by atoms with Gasteiger partial charge in [0.2, 0.25) is 0 Å². The van der Waals surface area contributed by atoms with Gasteiger partial charge in [0.1, 0.15) is 11.6 Å². The Morgan fingerprint density at radius 2 is 2.04 bits per heavy atom. The summed E-state index contributed by atoms with van der Waals surface area (Å²) in [5.41, 5.74) is -1.64. The number of nitrogens with zero attached hydrogens (tertiary/aromatic N) is 1. The number of carbonyl (C=O) groups excluding carboxylic acids is 1. The van der Waals surface area contributed by atoms with Gasteiger partial charge in [-0.25, -0.2) is 0 Å². The molecule has 2 rings (SSSR count). The first kappa shape index (κ1) is 17.2. The Morgan fingerprint density at radius 1 is 1.35 bits per heavy atom. The van der Waals surface area contributed by atoms with E-state index in [2.05, 4.69) is 21.2 Å². The molecule has 2 aromatic rings. The maximum Gasteiger partial charge on any atom is 0.418 e. The molecule has 0 unspecified atom stereocenters. The number of thiophene rings is 1. The van der Waals surface area contributed by atoms with Crippen LogP contribution in [-0.2, 0) is 11.0 Å². The van der Waals surface area contributed by atoms with Gasteiger partial charge < -0.3 is 5.32 Å². The maximum atomic E-state index is 12.9. The summed E-state index contributed by atoms with van der Waals surface area (Å²) < 4.78 is 39.5. The number of benzene rings is 1. The topological polar surface area (TPSA) is 52.9 Å². The van der Waals surface area contributed by atoms with E-state index in [-0.39, 0.29) is 5.57 Å². The highest BCUT2D eigenvalue weighted by molar-refractivity contribution is 9.10. The number of hydrogen-bond donors (Lipinski definition) is 1. The number of amides is 1. The molecule has 8 heteroatoms. The molecule has 3 nitrogen and oxygen atoms in total. The predicted molar refractivity (Wildman–Crippen MR) is 85.7 cm³/mol. The highest BCUT2D eigenvalue weighted by atomic mass is 79.9. The van der Waals surface area contributed by atoms with Crippen LogP contribution in [0.4, 0.5) is 18.9 Å². The second-order valence-corrected chi connectivity index (χ2v) is 6.19. The van der Waals surface area contributed by atoms with Gasteiger partial charge in [-0.05, 0) is 40.2 Å². The van der Waals surface area contributed by atoms with Crippen LogP contribution in [0.5, 0.6) is 0 Å². The molecule has 0 atom stereocenters. The first-order valence-corrected chi connectivity index (χ1v) is 7.82. The highest BCUT2D eigenvalue weighted by Gasteiger charge is 2.33. The normalized spacial score (nSPS) is 11.9. The van der Waals surface area contributed by atoms with Gasteiger partial charge in [-0.1, -0.05) is 12.1 Å². The lowest BCUT2D eigenvalue weighted by molar-refractivity contribution is -0.136. The highest BCUT2D eigenvalue weighted by Crippen LogP contribution is 2.34. The smallest absolute Gasteiger partial charge is 0.321 e. The van der Waals surface area contributed by atoms with E-state index in [1.807, 2.05) is 0 Å². The third kappa shape index (κ3) is 4.43. The molecule has 1 N–H and O–H groups in total. The van der Waals surface area contributed by atoms with Gasteiger partial charge in [-0.15, -0.1) is 11.3 Å². The number of anilines is 1. The Morgan fingerprint density at radius 3 is 2.61 bits per heavy atom. The first-order valence-electron chi connectivity index (χ1n) is 6.14. The fourth-order valence-corrected chi connectivity index (χ4v) is 3.10. The quantitative estimate of drug-likeness (QED) is 0.577. The largest absolute Gasteiger partial charge is 0.418 e. The van der Waals surface area contributed by atoms with Gasteiger partial charge in [-0.2, -0.15) is 18.4 Å². The van der Waals surface area contributed by atoms with E-state index in [1.165, 1.54) is 29.5 Å². The molecule has 0 radical (unpaired) electrons. The second-order valence-electron chi connectivity index (χ2n) is 4.33. The Labute approximate surface area is 142 Å². The summed E-state index contributed by atoms with van der Waals surface area (Å²) >= 11 is 4.53. The van der Waals surface area contributed by atoms with Crippen LogP contribution in [-0.4, -0.2) is 5.91 Å². The van der Waals surface area contributed by atoms with E-state index in [4.69, 9.17) is 5.26 Å². The molecule has 1 aromatic heterocycles. The molecule has 0 saturated heterocycles. The molecule has 1 aromatic carbocycles. The number of halogens is 4. The van der Waals surface area contributed by atoms with Crippen molar-refractivity contribution in [1.82, 2.24) is 0 Å². The molecule has 23 heavy (non-hydrogen) atoms. The fraction of sp³-hybridized carbons (Fsp3) is 0.0667. The average Bonchev–Trinajstić information content (AvgIpc) is 2.89. The zero-order chi connectivity index (χ0) is 17.0. The zero-order valence-electron chi connectivity index (χ0n) is 11.3. The minimum absolute atomic E-state index is 0.281. The van der Waals surface area contributed by atoms with E-state index in [1.54, 1.807) is 17.5 Å². The van der Waals surface area contributed by atoms with Crippen molar-refractivity contribution < 1.29 is 18.0 Å². The number of rotatable bonds is 3. The van der Waals surface area contributed by atoms with Crippen molar-refractivity contribution in [2.75, 3.05) is 5.32 Å². The van der Waals surface area contributed by atoms with Crippen molar-refractivity contribution >= 4 is 44.9 Å². The Kier molecular flexibility index (Phi) is 5.23. The standard InChI is InChI=1S/C15H8BrF3N2OS/c16-10-6-11(23-8-10)5-9(7-20)14(22)21-13-4-2-1-3-12(13)15(17,18)19/h1-6,8H,(H,21,22)/b9-5+. The zero-order valence-corrected chi connectivity index (χ0v) is 13.7. The van der Waals surface area contributed by atoms with E-state index < -0.39 is 23.3 Å². The van der Waals surface area contributed by atoms with Gasteiger partial charge in [0, 0.05) is 14.7 Å². The van der Waals surface area contributed by atoms with E-state index in [0.29, 0.717) is 4.88 Å². The van der Waals surface area contributed by atoms with Crippen LogP contribution in [0.1, 0.15) is 10.4 Å². The predicted octanol–water partition coefficient (Wildman–Crippen LogP) is 5.08. The van der Waals surface area contributed by atoms with Crippen LogP contribution in [0.25, 0.3) is 6.08 Å². The number of para-hydroxylation sites is 1. The lowest BCUT2D eigenvalue weighted by Gasteiger charge is -2.13. The van der Waals surface area contributed by atoms with E-state index >= 15 is 0 Å². The van der Waals surface area contributed by atoms with Crippen molar-refractivity contribution in [3.63, 3.8) is 0 Å². The lowest BCUT2D eigenvalue weighted by atomic mass is 10.1. The van der Waals surface area contributed by atoms with Gasteiger partial charge in [-0.3, -0.25) is 4.79 Å². The summed E-state index contributed by atoms with van der Waals surface area (Å²) in [4.78, 5) is 12.7. The van der Waals surface area contributed by atoms with E-state index in [0.717, 1.165) is 16.6 Å². The average molecular weight is 401 g/mol. The van der Waals surface area contributed by atoms with Crippen molar-refractivity contribution in [3.05, 3.63) is 56.2 Å². The van der Waals surface area contributed by atoms with Crippen LogP contribution in [0.3, 0.4) is 0 Å². The summed E-state index contributed by atoms with van der Waals surface area (Å²) in [6.45, 7) is 0. The monoisotopic (exact) mass is 400 g/mol. The molecule has 1 heterocycles. The van der Waals surface area contributed by atoms with Crippen LogP contribution < -0.4 is 5.32 Å². The summed E-state index contributed by atoms with van der Waals surface area (Å²) in [5, 5.41) is 13.0. The number of carbonyl (C=O) groups is 1. The molecular weight excluding hydrogens is 393 g/mol. The van der Waals surface area contributed by atoms with Crippen LogP contribution in [0, 0.1) is 11.3 Å².